The van der Waals surface area contributed by atoms with E-state index in [1.807, 2.05) is 30.3 Å². The average molecular weight is 368 g/mol. The molecule has 0 amide bonds. The van der Waals surface area contributed by atoms with E-state index in [0.29, 0.717) is 6.61 Å². The Morgan fingerprint density at radius 3 is 2.54 bits per heavy atom. The lowest BCUT2D eigenvalue weighted by Gasteiger charge is -2.13. The number of para-hydroxylation sites is 3. The van der Waals surface area contributed by atoms with Gasteiger partial charge in [-0.1, -0.05) is 66.2 Å². The second-order valence-corrected chi connectivity index (χ2v) is 6.89. The molecule has 0 saturated heterocycles. The van der Waals surface area contributed by atoms with Crippen molar-refractivity contribution in [3.8, 4) is 17.1 Å². The van der Waals surface area contributed by atoms with Gasteiger partial charge in [0.05, 0.1) is 17.6 Å². The molecule has 0 aliphatic carbocycles. The smallest absolute Gasteiger partial charge is 0.141 e. The third-order valence-electron chi connectivity index (χ3n) is 4.87. The molecule has 4 aromatic rings. The lowest BCUT2D eigenvalue weighted by atomic mass is 10.1. The summed E-state index contributed by atoms with van der Waals surface area (Å²) in [6.45, 7) is 7.24. The highest BCUT2D eigenvalue weighted by atomic mass is 16.5. The van der Waals surface area contributed by atoms with Crippen molar-refractivity contribution in [2.24, 2.45) is 0 Å². The van der Waals surface area contributed by atoms with Crippen LogP contribution in [0, 0.1) is 6.92 Å². The second kappa shape index (κ2) is 8.13. The van der Waals surface area contributed by atoms with Crippen LogP contribution in [0.5, 0.6) is 5.75 Å². The van der Waals surface area contributed by atoms with Gasteiger partial charge in [-0.25, -0.2) is 4.98 Å². The monoisotopic (exact) mass is 368 g/mol. The molecule has 0 fully saturated rings. The number of imidazole rings is 1. The predicted molar refractivity (Wildman–Crippen MR) is 116 cm³/mol. The topological polar surface area (TPSA) is 27.1 Å². The fraction of sp³-hybridized carbons (Fsp3) is 0.160. The van der Waals surface area contributed by atoms with E-state index in [4.69, 9.17) is 9.72 Å². The molecule has 0 N–H and O–H groups in total. The Kier molecular flexibility index (Phi) is 5.24. The first kappa shape index (κ1) is 18.1. The molecule has 0 aliphatic rings. The number of fused-ring (bicyclic) bond motifs is 1. The van der Waals surface area contributed by atoms with Crippen LogP contribution in [0.2, 0.25) is 0 Å². The van der Waals surface area contributed by atoms with Crippen molar-refractivity contribution in [3.05, 3.63) is 96.6 Å². The molecule has 0 unspecified atom stereocenters. The predicted octanol–water partition coefficient (Wildman–Crippen LogP) is 5.82. The van der Waals surface area contributed by atoms with Gasteiger partial charge in [0.15, 0.2) is 0 Å². The number of allylic oxidation sites excluding steroid dienone is 1. The number of benzene rings is 3. The van der Waals surface area contributed by atoms with Crippen molar-refractivity contribution in [2.75, 3.05) is 6.61 Å². The number of rotatable bonds is 7. The van der Waals surface area contributed by atoms with Gasteiger partial charge in [-0.05, 0) is 37.1 Å². The van der Waals surface area contributed by atoms with Gasteiger partial charge in [0.1, 0.15) is 18.2 Å². The van der Waals surface area contributed by atoms with Gasteiger partial charge in [-0.15, -0.1) is 6.58 Å². The van der Waals surface area contributed by atoms with Crippen LogP contribution in [0.4, 0.5) is 0 Å². The zero-order valence-electron chi connectivity index (χ0n) is 16.1. The van der Waals surface area contributed by atoms with Crippen LogP contribution in [0.25, 0.3) is 22.4 Å². The van der Waals surface area contributed by atoms with Crippen LogP contribution in [-0.4, -0.2) is 16.2 Å². The molecule has 0 radical (unpaired) electrons. The third kappa shape index (κ3) is 3.70. The van der Waals surface area contributed by atoms with E-state index in [2.05, 4.69) is 66.6 Å². The first-order valence-electron chi connectivity index (χ1n) is 9.60. The molecule has 0 atom stereocenters. The number of ether oxygens (including phenoxy) is 1. The normalized spacial score (nSPS) is 10.9. The standard InChI is InChI=1S/C25H24N2O/c1-3-8-20-9-4-7-12-24(20)28-18-17-27-23-11-6-5-10-22(23)26-25(27)21-15-13-19(2)14-16-21/h3-7,9-16H,1,8,17-18H2,2H3. The van der Waals surface area contributed by atoms with Gasteiger partial charge in [0.2, 0.25) is 0 Å². The molecule has 3 aromatic carbocycles. The van der Waals surface area contributed by atoms with Crippen LogP contribution < -0.4 is 4.74 Å². The minimum Gasteiger partial charge on any atom is -0.491 e. The van der Waals surface area contributed by atoms with Gasteiger partial charge < -0.3 is 9.30 Å². The second-order valence-electron chi connectivity index (χ2n) is 6.89. The van der Waals surface area contributed by atoms with Crippen LogP contribution in [0.3, 0.4) is 0 Å². The van der Waals surface area contributed by atoms with E-state index in [1.54, 1.807) is 0 Å². The quantitative estimate of drug-likeness (QED) is 0.384. The van der Waals surface area contributed by atoms with E-state index >= 15 is 0 Å². The Morgan fingerprint density at radius 2 is 1.71 bits per heavy atom. The molecule has 0 aliphatic heterocycles. The molecule has 1 aromatic heterocycles. The Labute approximate surface area is 165 Å². The molecule has 1 heterocycles. The van der Waals surface area contributed by atoms with Crippen LogP contribution >= 0.6 is 0 Å². The van der Waals surface area contributed by atoms with E-state index in [9.17, 15) is 0 Å². The maximum absolute atomic E-state index is 6.13. The zero-order valence-corrected chi connectivity index (χ0v) is 16.1. The average Bonchev–Trinajstić information content (AvgIpc) is 3.09. The molecule has 0 spiro atoms. The van der Waals surface area contributed by atoms with Crippen molar-refractivity contribution < 1.29 is 4.74 Å². The van der Waals surface area contributed by atoms with Crippen molar-refractivity contribution in [1.29, 1.82) is 0 Å². The van der Waals surface area contributed by atoms with Gasteiger partial charge in [0, 0.05) is 5.56 Å². The van der Waals surface area contributed by atoms with Crippen molar-refractivity contribution >= 4 is 11.0 Å². The Morgan fingerprint density at radius 1 is 0.964 bits per heavy atom. The molecule has 0 saturated carbocycles. The maximum Gasteiger partial charge on any atom is 0.141 e. The van der Waals surface area contributed by atoms with E-state index in [0.717, 1.165) is 46.7 Å². The van der Waals surface area contributed by atoms with Crippen molar-refractivity contribution in [3.63, 3.8) is 0 Å². The molecule has 4 rings (SSSR count). The lowest BCUT2D eigenvalue weighted by molar-refractivity contribution is 0.298. The summed E-state index contributed by atoms with van der Waals surface area (Å²) < 4.78 is 8.37. The van der Waals surface area contributed by atoms with E-state index in [-0.39, 0.29) is 0 Å². The Balaban J connectivity index is 1.62. The number of hydrogen-bond donors (Lipinski definition) is 0. The SMILES string of the molecule is C=CCc1ccccc1OCCn1c(-c2ccc(C)cc2)nc2ccccc21. The highest BCUT2D eigenvalue weighted by Crippen LogP contribution is 2.25. The number of hydrogen-bond acceptors (Lipinski definition) is 2. The summed E-state index contributed by atoms with van der Waals surface area (Å²) in [5.41, 5.74) is 5.65. The Hall–Kier alpha value is -3.33. The molecule has 140 valence electrons. The molecule has 3 nitrogen and oxygen atoms in total. The van der Waals surface area contributed by atoms with Crippen molar-refractivity contribution in [1.82, 2.24) is 9.55 Å². The Bertz CT molecular complexity index is 1090. The summed E-state index contributed by atoms with van der Waals surface area (Å²) in [5, 5.41) is 0. The van der Waals surface area contributed by atoms with Crippen LogP contribution in [0.1, 0.15) is 11.1 Å². The minimum absolute atomic E-state index is 0.577. The van der Waals surface area contributed by atoms with Crippen molar-refractivity contribution in [2.45, 2.75) is 19.9 Å². The van der Waals surface area contributed by atoms with Gasteiger partial charge in [0.25, 0.3) is 0 Å². The first-order chi connectivity index (χ1) is 13.8. The number of nitrogens with zero attached hydrogens (tertiary/aromatic N) is 2. The summed E-state index contributed by atoms with van der Waals surface area (Å²) in [6, 6.07) is 24.9. The molecular weight excluding hydrogens is 344 g/mol. The molecule has 3 heteroatoms. The van der Waals surface area contributed by atoms with Gasteiger partial charge in [-0.2, -0.15) is 0 Å². The summed E-state index contributed by atoms with van der Waals surface area (Å²) in [6.07, 6.45) is 2.71. The van der Waals surface area contributed by atoms with Crippen LogP contribution in [-0.2, 0) is 13.0 Å². The summed E-state index contributed by atoms with van der Waals surface area (Å²) >= 11 is 0. The lowest BCUT2D eigenvalue weighted by Crippen LogP contribution is -2.10. The fourth-order valence-corrected chi connectivity index (χ4v) is 3.44. The summed E-state index contributed by atoms with van der Waals surface area (Å²) in [7, 11) is 0. The number of aromatic nitrogens is 2. The molecular formula is C25H24N2O. The highest BCUT2D eigenvalue weighted by Gasteiger charge is 2.12. The van der Waals surface area contributed by atoms with Gasteiger partial charge in [-0.3, -0.25) is 0 Å². The first-order valence-corrected chi connectivity index (χ1v) is 9.60. The summed E-state index contributed by atoms with van der Waals surface area (Å²) in [4.78, 5) is 4.88. The fourth-order valence-electron chi connectivity index (χ4n) is 3.44. The largest absolute Gasteiger partial charge is 0.491 e. The van der Waals surface area contributed by atoms with Gasteiger partial charge >= 0.3 is 0 Å². The maximum atomic E-state index is 6.13. The van der Waals surface area contributed by atoms with E-state index < -0.39 is 0 Å². The zero-order chi connectivity index (χ0) is 19.3. The minimum atomic E-state index is 0.577. The summed E-state index contributed by atoms with van der Waals surface area (Å²) in [5.74, 6) is 1.90. The number of aryl methyl sites for hydroxylation is 1. The highest BCUT2D eigenvalue weighted by molar-refractivity contribution is 5.80. The molecule has 28 heavy (non-hydrogen) atoms. The third-order valence-corrected chi connectivity index (χ3v) is 4.87. The van der Waals surface area contributed by atoms with Crippen LogP contribution in [0.15, 0.2) is 85.5 Å². The molecule has 0 bridgehead atoms. The van der Waals surface area contributed by atoms with E-state index in [1.165, 1.54) is 5.56 Å².